The van der Waals surface area contributed by atoms with Crippen LogP contribution < -0.4 is 14.8 Å². The van der Waals surface area contributed by atoms with Crippen LogP contribution in [-0.2, 0) is 14.8 Å². The number of rotatable bonds is 9. The predicted octanol–water partition coefficient (Wildman–Crippen LogP) is 3.55. The summed E-state index contributed by atoms with van der Waals surface area (Å²) in [5, 5.41) is 11.8. The number of hydrogen-bond acceptors (Lipinski definition) is 7. The first-order valence-electron chi connectivity index (χ1n) is 9.70. The first-order valence-corrected chi connectivity index (χ1v) is 12.0. The van der Waals surface area contributed by atoms with Crippen LogP contribution in [0.3, 0.4) is 0 Å². The van der Waals surface area contributed by atoms with E-state index in [4.69, 9.17) is 4.74 Å². The largest absolute Gasteiger partial charge is 0.497 e. The first-order chi connectivity index (χ1) is 14.8. The molecule has 0 saturated carbocycles. The van der Waals surface area contributed by atoms with Gasteiger partial charge in [-0.2, -0.15) is 4.72 Å². The van der Waals surface area contributed by atoms with Crippen molar-refractivity contribution in [1.29, 1.82) is 0 Å². The quantitative estimate of drug-likeness (QED) is 0.505. The van der Waals surface area contributed by atoms with Crippen LogP contribution >= 0.6 is 11.3 Å². The van der Waals surface area contributed by atoms with E-state index in [0.29, 0.717) is 22.3 Å². The highest BCUT2D eigenvalue weighted by atomic mass is 32.2. The summed E-state index contributed by atoms with van der Waals surface area (Å²) in [5.74, 6) is -0.183. The van der Waals surface area contributed by atoms with Crippen molar-refractivity contribution in [3.63, 3.8) is 0 Å². The summed E-state index contributed by atoms with van der Waals surface area (Å²) in [5.41, 5.74) is 0.888. The van der Waals surface area contributed by atoms with E-state index in [9.17, 15) is 13.2 Å². The lowest BCUT2D eigenvalue weighted by Gasteiger charge is -2.22. The number of hydrogen-bond donors (Lipinski definition) is 2. The van der Waals surface area contributed by atoms with Gasteiger partial charge in [0.05, 0.1) is 12.0 Å². The van der Waals surface area contributed by atoms with E-state index < -0.39 is 22.0 Å². The van der Waals surface area contributed by atoms with Gasteiger partial charge in [-0.05, 0) is 30.2 Å². The average Bonchev–Trinajstić information content (AvgIpc) is 3.26. The molecule has 1 heterocycles. The van der Waals surface area contributed by atoms with Gasteiger partial charge in [-0.3, -0.25) is 10.1 Å². The highest BCUT2D eigenvalue weighted by Crippen LogP contribution is 2.26. The molecule has 0 aliphatic carbocycles. The Morgan fingerprint density at radius 2 is 1.77 bits per heavy atom. The van der Waals surface area contributed by atoms with Gasteiger partial charge in [0.2, 0.25) is 21.1 Å². The molecular formula is C21H24N4O4S2. The molecule has 3 aromatic rings. The molecule has 1 aromatic heterocycles. The highest BCUT2D eigenvalue weighted by molar-refractivity contribution is 7.89. The number of amides is 1. The number of aromatic nitrogens is 2. The van der Waals surface area contributed by atoms with E-state index >= 15 is 0 Å². The number of carbonyl (C=O) groups is 1. The second-order valence-electron chi connectivity index (χ2n) is 6.93. The Hall–Kier alpha value is -2.82. The van der Waals surface area contributed by atoms with Gasteiger partial charge >= 0.3 is 0 Å². The number of nitrogens with one attached hydrogen (secondary N) is 2. The lowest BCUT2D eigenvalue weighted by atomic mass is 9.99. The lowest BCUT2D eigenvalue weighted by Crippen LogP contribution is -2.47. The molecule has 1 amide bonds. The van der Waals surface area contributed by atoms with Crippen LogP contribution in [0.5, 0.6) is 5.75 Å². The van der Waals surface area contributed by atoms with Crippen molar-refractivity contribution >= 4 is 32.4 Å². The van der Waals surface area contributed by atoms with E-state index in [1.54, 1.807) is 12.1 Å². The smallest absolute Gasteiger partial charge is 0.244 e. The van der Waals surface area contributed by atoms with E-state index in [1.807, 2.05) is 44.2 Å². The minimum atomic E-state index is -3.91. The van der Waals surface area contributed by atoms with Crippen molar-refractivity contribution in [3.05, 3.63) is 54.6 Å². The molecular weight excluding hydrogens is 436 g/mol. The van der Waals surface area contributed by atoms with Crippen molar-refractivity contribution in [2.45, 2.75) is 31.2 Å². The minimum Gasteiger partial charge on any atom is -0.497 e. The summed E-state index contributed by atoms with van der Waals surface area (Å²) in [6.45, 7) is 3.71. The highest BCUT2D eigenvalue weighted by Gasteiger charge is 2.30. The predicted molar refractivity (Wildman–Crippen MR) is 121 cm³/mol. The second kappa shape index (κ2) is 9.99. The molecule has 0 saturated heterocycles. The van der Waals surface area contributed by atoms with Gasteiger partial charge in [-0.25, -0.2) is 8.42 Å². The fourth-order valence-electron chi connectivity index (χ4n) is 2.81. The Morgan fingerprint density at radius 1 is 1.10 bits per heavy atom. The third-order valence-electron chi connectivity index (χ3n) is 4.82. The second-order valence-corrected chi connectivity index (χ2v) is 9.62. The van der Waals surface area contributed by atoms with Crippen LogP contribution in [-0.4, -0.2) is 37.7 Å². The molecule has 2 aromatic carbocycles. The van der Waals surface area contributed by atoms with Gasteiger partial charge in [0.15, 0.2) is 0 Å². The molecule has 0 bridgehead atoms. The number of nitrogens with zero attached hydrogens (tertiary/aromatic N) is 2. The normalized spacial score (nSPS) is 13.4. The van der Waals surface area contributed by atoms with Crippen molar-refractivity contribution < 1.29 is 17.9 Å². The maximum Gasteiger partial charge on any atom is 0.244 e. The van der Waals surface area contributed by atoms with Crippen LogP contribution in [0.1, 0.15) is 20.3 Å². The van der Waals surface area contributed by atoms with Crippen LogP contribution in [0.2, 0.25) is 0 Å². The van der Waals surface area contributed by atoms with Crippen LogP contribution in [0.15, 0.2) is 59.5 Å². The number of ether oxygens (including phenoxy) is 1. The zero-order valence-corrected chi connectivity index (χ0v) is 19.0. The SMILES string of the molecule is CC[C@@H](C)[C@@H](NS(=O)(=O)c1ccc(OC)cc1)C(=O)Nc1nnc(-c2ccccc2)s1. The number of sulfonamides is 1. The fourth-order valence-corrected chi connectivity index (χ4v) is 4.86. The minimum absolute atomic E-state index is 0.0525. The molecule has 2 N–H and O–H groups in total. The summed E-state index contributed by atoms with van der Waals surface area (Å²) < 4.78 is 33.3. The van der Waals surface area contributed by atoms with Crippen molar-refractivity contribution in [2.75, 3.05) is 12.4 Å². The van der Waals surface area contributed by atoms with Crippen molar-refractivity contribution in [2.24, 2.45) is 5.92 Å². The molecule has 10 heteroatoms. The van der Waals surface area contributed by atoms with Gasteiger partial charge in [0.1, 0.15) is 16.8 Å². The molecule has 0 radical (unpaired) electrons. The summed E-state index contributed by atoms with van der Waals surface area (Å²) in [6.07, 6.45) is 0.606. The molecule has 164 valence electrons. The summed E-state index contributed by atoms with van der Waals surface area (Å²) in [7, 11) is -2.41. The third kappa shape index (κ3) is 5.66. The number of benzene rings is 2. The Bertz CT molecular complexity index is 1120. The molecule has 3 rings (SSSR count). The Balaban J connectivity index is 1.77. The maximum absolute atomic E-state index is 12.9. The first kappa shape index (κ1) is 22.9. The van der Waals surface area contributed by atoms with Crippen molar-refractivity contribution in [3.8, 4) is 16.3 Å². The van der Waals surface area contributed by atoms with Crippen LogP contribution in [0.25, 0.3) is 10.6 Å². The topological polar surface area (TPSA) is 110 Å². The lowest BCUT2D eigenvalue weighted by molar-refractivity contribution is -0.118. The van der Waals surface area contributed by atoms with Crippen molar-refractivity contribution in [1.82, 2.24) is 14.9 Å². The molecule has 0 aliphatic heterocycles. The zero-order valence-electron chi connectivity index (χ0n) is 17.4. The molecule has 2 atom stereocenters. The summed E-state index contributed by atoms with van der Waals surface area (Å²) >= 11 is 1.22. The van der Waals surface area contributed by atoms with E-state index in [0.717, 1.165) is 5.56 Å². The summed E-state index contributed by atoms with van der Waals surface area (Å²) in [6, 6.07) is 14.5. The molecule has 31 heavy (non-hydrogen) atoms. The standard InChI is InChI=1S/C21H24N4O4S2/c1-4-14(2)18(25-31(27,28)17-12-10-16(29-3)11-13-17)19(26)22-21-24-23-20(30-21)15-8-6-5-7-9-15/h5-14,18,25H,4H2,1-3H3,(H,22,24,26)/t14-,18-/m1/s1. The Kier molecular flexibility index (Phi) is 7.37. The average molecular weight is 461 g/mol. The maximum atomic E-state index is 12.9. The van der Waals surface area contributed by atoms with Gasteiger partial charge in [0.25, 0.3) is 0 Å². The molecule has 0 unspecified atom stereocenters. The van der Waals surface area contributed by atoms with Gasteiger partial charge < -0.3 is 4.74 Å². The Labute approximate surface area is 185 Å². The Morgan fingerprint density at radius 3 is 2.39 bits per heavy atom. The number of methoxy groups -OCH3 is 1. The third-order valence-corrected chi connectivity index (χ3v) is 7.17. The van der Waals surface area contributed by atoms with E-state index in [-0.39, 0.29) is 10.8 Å². The van der Waals surface area contributed by atoms with Crippen LogP contribution in [0.4, 0.5) is 5.13 Å². The fraction of sp³-hybridized carbons (Fsp3) is 0.286. The van der Waals surface area contributed by atoms with E-state index in [2.05, 4.69) is 20.2 Å². The summed E-state index contributed by atoms with van der Waals surface area (Å²) in [4.78, 5) is 13.0. The molecule has 8 nitrogen and oxygen atoms in total. The number of anilines is 1. The van der Waals surface area contributed by atoms with Crippen LogP contribution in [0, 0.1) is 5.92 Å². The van der Waals surface area contributed by atoms with Gasteiger partial charge in [-0.15, -0.1) is 10.2 Å². The zero-order chi connectivity index (χ0) is 22.4. The molecule has 0 aliphatic rings. The molecule has 0 fully saturated rings. The molecule has 0 spiro atoms. The van der Waals surface area contributed by atoms with E-state index in [1.165, 1.54) is 30.6 Å². The number of carbonyl (C=O) groups excluding carboxylic acids is 1. The van der Waals surface area contributed by atoms with Gasteiger partial charge in [0, 0.05) is 5.56 Å². The monoisotopic (exact) mass is 460 g/mol. The van der Waals surface area contributed by atoms with Gasteiger partial charge in [-0.1, -0.05) is 61.9 Å².